The van der Waals surface area contributed by atoms with E-state index in [4.69, 9.17) is 5.11 Å². The highest BCUT2D eigenvalue weighted by molar-refractivity contribution is 4.91. The third kappa shape index (κ3) is 2.70. The van der Waals surface area contributed by atoms with Crippen molar-refractivity contribution < 1.29 is 5.11 Å². The van der Waals surface area contributed by atoms with Gasteiger partial charge in [0.2, 0.25) is 0 Å². The molecule has 17 heavy (non-hydrogen) atoms. The molecule has 1 heteroatoms. The van der Waals surface area contributed by atoms with E-state index in [1.807, 2.05) is 0 Å². The third-order valence-corrected chi connectivity index (χ3v) is 5.96. The molecule has 98 valence electrons. The van der Waals surface area contributed by atoms with Gasteiger partial charge in [-0.2, -0.15) is 0 Å². The molecule has 0 atom stereocenters. The molecule has 0 aliphatic heterocycles. The fraction of sp³-hybridized carbons (Fsp3) is 1.00. The van der Waals surface area contributed by atoms with Gasteiger partial charge in [-0.25, -0.2) is 0 Å². The second-order valence-corrected chi connectivity index (χ2v) is 7.16. The van der Waals surface area contributed by atoms with Crippen LogP contribution in [0.2, 0.25) is 0 Å². The van der Waals surface area contributed by atoms with E-state index in [0.29, 0.717) is 0 Å². The predicted molar refractivity (Wildman–Crippen MR) is 72.2 cm³/mol. The molecule has 3 saturated carbocycles. The van der Waals surface area contributed by atoms with E-state index in [0.717, 1.165) is 17.8 Å². The molecule has 0 bridgehead atoms. The van der Waals surface area contributed by atoms with E-state index in [9.17, 15) is 0 Å². The summed E-state index contributed by atoms with van der Waals surface area (Å²) in [6.07, 6.45) is 16.6. The molecule has 0 spiro atoms. The van der Waals surface area contributed by atoms with Crippen molar-refractivity contribution in [3.8, 4) is 0 Å². The molecule has 3 aliphatic carbocycles. The minimum Gasteiger partial charge on any atom is -0.441 e. The highest BCUT2D eigenvalue weighted by Crippen LogP contribution is 2.45. The lowest BCUT2D eigenvalue weighted by atomic mass is 9.68. The standard InChI is InChI=1S/C16H28O/c17-16(12-13-4-3-5-13)10-8-15(9-11-16)14-6-1-2-7-14/h13-15,17H,1-12H2/p+1. The van der Waals surface area contributed by atoms with Gasteiger partial charge in [-0.1, -0.05) is 44.9 Å². The average molecular weight is 237 g/mol. The average Bonchev–Trinajstić information content (AvgIpc) is 2.78. The van der Waals surface area contributed by atoms with Crippen LogP contribution in [0.5, 0.6) is 0 Å². The van der Waals surface area contributed by atoms with Gasteiger partial charge in [0.05, 0.1) is 0 Å². The first kappa shape index (κ1) is 12.0. The predicted octanol–water partition coefficient (Wildman–Crippen LogP) is 4.02. The summed E-state index contributed by atoms with van der Waals surface area (Å²) in [7, 11) is 0. The summed E-state index contributed by atoms with van der Waals surface area (Å²) in [6.45, 7) is 0. The molecule has 0 unspecified atom stereocenters. The van der Waals surface area contributed by atoms with Crippen LogP contribution >= 0.6 is 0 Å². The maximum atomic E-state index is 8.65. The van der Waals surface area contributed by atoms with Crippen molar-refractivity contribution in [1.82, 2.24) is 0 Å². The molecular weight excluding hydrogens is 208 g/mol. The zero-order valence-electron chi connectivity index (χ0n) is 11.2. The molecule has 0 aromatic carbocycles. The van der Waals surface area contributed by atoms with Crippen LogP contribution in [0.1, 0.15) is 77.0 Å². The fourth-order valence-corrected chi connectivity index (χ4v) is 4.55. The van der Waals surface area contributed by atoms with Crippen molar-refractivity contribution in [3.63, 3.8) is 0 Å². The first-order chi connectivity index (χ1) is 8.25. The Labute approximate surface area is 106 Å². The van der Waals surface area contributed by atoms with E-state index in [-0.39, 0.29) is 5.60 Å². The van der Waals surface area contributed by atoms with Crippen molar-refractivity contribution in [3.05, 3.63) is 0 Å². The third-order valence-electron chi connectivity index (χ3n) is 5.96. The zero-order chi connectivity index (χ0) is 11.7. The summed E-state index contributed by atoms with van der Waals surface area (Å²) < 4.78 is 0. The second-order valence-electron chi connectivity index (χ2n) is 7.16. The normalized spacial score (nSPS) is 40.4. The Balaban J connectivity index is 1.48. The Morgan fingerprint density at radius 3 is 1.88 bits per heavy atom. The largest absolute Gasteiger partial charge is 0.441 e. The van der Waals surface area contributed by atoms with Crippen LogP contribution in [-0.2, 0) is 0 Å². The quantitative estimate of drug-likeness (QED) is 0.662. The monoisotopic (exact) mass is 237 g/mol. The van der Waals surface area contributed by atoms with Gasteiger partial charge in [0, 0.05) is 19.3 Å². The van der Waals surface area contributed by atoms with Crippen molar-refractivity contribution in [2.45, 2.75) is 82.7 Å². The van der Waals surface area contributed by atoms with Crippen molar-refractivity contribution in [2.24, 2.45) is 17.8 Å². The summed E-state index contributed by atoms with van der Waals surface area (Å²) >= 11 is 0. The van der Waals surface area contributed by atoms with Crippen molar-refractivity contribution >= 4 is 0 Å². The van der Waals surface area contributed by atoms with Crippen LogP contribution in [0.3, 0.4) is 0 Å². The van der Waals surface area contributed by atoms with Crippen LogP contribution in [-0.4, -0.2) is 10.7 Å². The Morgan fingerprint density at radius 2 is 1.35 bits per heavy atom. The van der Waals surface area contributed by atoms with Gasteiger partial charge >= 0.3 is 0 Å². The summed E-state index contributed by atoms with van der Waals surface area (Å²) in [4.78, 5) is 0. The van der Waals surface area contributed by atoms with Crippen LogP contribution in [0.25, 0.3) is 0 Å². The van der Waals surface area contributed by atoms with E-state index in [2.05, 4.69) is 0 Å². The van der Waals surface area contributed by atoms with Gasteiger partial charge in [0.1, 0.15) is 0 Å². The first-order valence-corrected chi connectivity index (χ1v) is 8.00. The summed E-state index contributed by atoms with van der Waals surface area (Å²) in [5.41, 5.74) is -0.0137. The van der Waals surface area contributed by atoms with Crippen molar-refractivity contribution in [1.29, 1.82) is 0 Å². The Bertz CT molecular complexity index is 242. The van der Waals surface area contributed by atoms with Crippen LogP contribution in [0, 0.1) is 17.8 Å². The van der Waals surface area contributed by atoms with Gasteiger partial charge in [-0.3, -0.25) is 0 Å². The lowest BCUT2D eigenvalue weighted by Crippen LogP contribution is -2.38. The van der Waals surface area contributed by atoms with E-state index < -0.39 is 0 Å². The summed E-state index contributed by atoms with van der Waals surface area (Å²) in [6, 6.07) is 0. The summed E-state index contributed by atoms with van der Waals surface area (Å²) in [5.74, 6) is 2.97. The molecule has 0 aromatic rings. The Hall–Kier alpha value is -0.0400. The molecular formula is C16H29O+. The Morgan fingerprint density at radius 1 is 0.765 bits per heavy atom. The molecule has 3 fully saturated rings. The molecule has 3 aliphatic rings. The van der Waals surface area contributed by atoms with E-state index >= 15 is 0 Å². The molecule has 0 amide bonds. The first-order valence-electron chi connectivity index (χ1n) is 8.00. The van der Waals surface area contributed by atoms with Gasteiger partial charge in [-0.15, -0.1) is 0 Å². The molecule has 3 rings (SSSR count). The maximum absolute atomic E-state index is 8.65. The number of rotatable bonds is 3. The van der Waals surface area contributed by atoms with E-state index in [1.54, 1.807) is 0 Å². The van der Waals surface area contributed by atoms with Crippen LogP contribution < -0.4 is 0 Å². The molecule has 0 saturated heterocycles. The fourth-order valence-electron chi connectivity index (χ4n) is 4.55. The van der Waals surface area contributed by atoms with Crippen LogP contribution in [0.4, 0.5) is 0 Å². The van der Waals surface area contributed by atoms with Crippen molar-refractivity contribution in [2.75, 3.05) is 0 Å². The summed E-state index contributed by atoms with van der Waals surface area (Å²) in [5, 5.41) is 8.65. The van der Waals surface area contributed by atoms with Gasteiger partial charge < -0.3 is 5.11 Å². The minimum absolute atomic E-state index is 0.0137. The van der Waals surface area contributed by atoms with E-state index in [1.165, 1.54) is 77.0 Å². The van der Waals surface area contributed by atoms with Gasteiger partial charge in [-0.05, 0) is 30.6 Å². The smallest absolute Gasteiger partial charge is 0.163 e. The molecule has 1 nitrogen and oxygen atoms in total. The number of hydrogen-bond acceptors (Lipinski definition) is 0. The highest BCUT2D eigenvalue weighted by Gasteiger charge is 2.42. The topological polar surface area (TPSA) is 22.9 Å². The molecule has 2 N–H and O–H groups in total. The second kappa shape index (κ2) is 4.91. The number of hydrogen-bond donors (Lipinski definition) is 0. The zero-order valence-corrected chi connectivity index (χ0v) is 11.2. The Kier molecular flexibility index (Phi) is 3.47. The minimum atomic E-state index is -0.0137. The highest BCUT2D eigenvalue weighted by atomic mass is 16.3. The lowest BCUT2D eigenvalue weighted by molar-refractivity contribution is -0.0438. The molecule has 0 radical (unpaired) electrons. The molecule has 0 heterocycles. The van der Waals surface area contributed by atoms with Gasteiger partial charge in [0.25, 0.3) is 0 Å². The lowest BCUT2D eigenvalue weighted by Gasteiger charge is -2.39. The van der Waals surface area contributed by atoms with Gasteiger partial charge in [0.15, 0.2) is 5.60 Å². The van der Waals surface area contributed by atoms with Crippen LogP contribution in [0.15, 0.2) is 0 Å². The molecule has 0 aromatic heterocycles. The maximum Gasteiger partial charge on any atom is 0.163 e. The SMILES string of the molecule is [OH2+]C1(CC2CCC2)CCC(C2CCCC2)CC1.